The van der Waals surface area contributed by atoms with Crippen LogP contribution >= 0.6 is 10.9 Å². The van der Waals surface area contributed by atoms with Gasteiger partial charge in [0, 0.05) is 11.8 Å². The van der Waals surface area contributed by atoms with Crippen molar-refractivity contribution in [3.8, 4) is 0 Å². The summed E-state index contributed by atoms with van der Waals surface area (Å²) >= 11 is 0. The smallest absolute Gasteiger partial charge is 0.253 e. The Hall–Kier alpha value is 0.170. The fourth-order valence-corrected chi connectivity index (χ4v) is 2.45. The highest BCUT2D eigenvalue weighted by atomic mass is 32.2. The molecule has 1 N–H and O–H groups in total. The second-order valence-electron chi connectivity index (χ2n) is 3.20. The lowest BCUT2D eigenvalue weighted by Gasteiger charge is -2.16. The summed E-state index contributed by atoms with van der Waals surface area (Å²) in [6, 6.07) is -0.537. The topological polar surface area (TPSA) is 12.0 Å². The van der Waals surface area contributed by atoms with Gasteiger partial charge < -0.3 is 5.32 Å². The van der Waals surface area contributed by atoms with E-state index in [2.05, 4.69) is 17.8 Å². The van der Waals surface area contributed by atoms with Crippen LogP contribution in [0.4, 0.5) is 8.78 Å². The van der Waals surface area contributed by atoms with Crippen LogP contribution in [0.2, 0.25) is 0 Å². The van der Waals surface area contributed by atoms with Gasteiger partial charge in [-0.2, -0.15) is 0 Å². The molecule has 0 saturated carbocycles. The van der Waals surface area contributed by atoms with Crippen molar-refractivity contribution in [2.75, 3.05) is 19.1 Å². The van der Waals surface area contributed by atoms with E-state index in [1.54, 1.807) is 0 Å². The van der Waals surface area contributed by atoms with E-state index in [1.165, 1.54) is 0 Å². The van der Waals surface area contributed by atoms with Gasteiger partial charge in [-0.05, 0) is 18.9 Å². The van der Waals surface area contributed by atoms with E-state index < -0.39 is 12.5 Å². The fourth-order valence-electron chi connectivity index (χ4n) is 1.33. The number of hydrogen-bond donors (Lipinski definition) is 2. The molecular formula is C7H15F2NS. The third kappa shape index (κ3) is 2.30. The monoisotopic (exact) mass is 183 g/mol. The average Bonchev–Trinajstić information content (AvgIpc) is 2.33. The quantitative estimate of drug-likeness (QED) is 0.614. The zero-order valence-corrected chi connectivity index (χ0v) is 7.74. The van der Waals surface area contributed by atoms with Crippen LogP contribution in [-0.2, 0) is 0 Å². The van der Waals surface area contributed by atoms with Gasteiger partial charge in [0.2, 0.25) is 0 Å². The van der Waals surface area contributed by atoms with Gasteiger partial charge in [0.05, 0.1) is 6.04 Å². The minimum absolute atomic E-state index is 0.0488. The normalized spacial score (nSPS) is 33.0. The van der Waals surface area contributed by atoms with Gasteiger partial charge >= 0.3 is 0 Å². The van der Waals surface area contributed by atoms with Crippen LogP contribution in [-0.4, -0.2) is 36.8 Å². The Morgan fingerprint density at radius 2 is 2.09 bits per heavy atom. The molecule has 0 aromatic rings. The van der Waals surface area contributed by atoms with Crippen molar-refractivity contribution in [3.05, 3.63) is 0 Å². The van der Waals surface area contributed by atoms with E-state index in [4.69, 9.17) is 0 Å². The highest BCUT2D eigenvalue weighted by Crippen LogP contribution is 2.30. The minimum Gasteiger partial charge on any atom is -0.308 e. The summed E-state index contributed by atoms with van der Waals surface area (Å²) in [4.78, 5) is 0. The summed E-state index contributed by atoms with van der Waals surface area (Å²) in [5.41, 5.74) is 0. The first-order chi connectivity index (χ1) is 5.11. The van der Waals surface area contributed by atoms with E-state index in [0.717, 1.165) is 6.54 Å². The second-order valence-corrected chi connectivity index (χ2v) is 5.86. The average molecular weight is 183 g/mol. The van der Waals surface area contributed by atoms with Crippen LogP contribution in [0, 0.1) is 0 Å². The summed E-state index contributed by atoms with van der Waals surface area (Å²) in [6.45, 7) is 0.785. The summed E-state index contributed by atoms with van der Waals surface area (Å²) < 4.78 is 24.2. The van der Waals surface area contributed by atoms with Gasteiger partial charge in [0.25, 0.3) is 6.43 Å². The summed E-state index contributed by atoms with van der Waals surface area (Å²) in [7, 11) is -0.0488. The third-order valence-corrected chi connectivity index (χ3v) is 4.03. The standard InChI is InChI=1S/C7H15F2NS/c1-11(2)5-3-6(7(8)9)10-4-5/h5-7,10-11H,3-4H2,1-2H3. The van der Waals surface area contributed by atoms with Gasteiger partial charge in [-0.15, -0.1) is 0 Å². The number of halogens is 2. The van der Waals surface area contributed by atoms with Crippen molar-refractivity contribution in [2.24, 2.45) is 0 Å². The maximum absolute atomic E-state index is 12.1. The number of nitrogens with one attached hydrogen (secondary N) is 1. The first kappa shape index (κ1) is 9.26. The van der Waals surface area contributed by atoms with Crippen molar-refractivity contribution in [1.29, 1.82) is 0 Å². The van der Waals surface area contributed by atoms with Crippen molar-refractivity contribution in [2.45, 2.75) is 24.1 Å². The third-order valence-electron chi connectivity index (χ3n) is 2.18. The van der Waals surface area contributed by atoms with Crippen molar-refractivity contribution >= 4 is 10.9 Å². The largest absolute Gasteiger partial charge is 0.308 e. The first-order valence-electron chi connectivity index (χ1n) is 3.79. The van der Waals surface area contributed by atoms with E-state index in [9.17, 15) is 8.78 Å². The highest BCUT2D eigenvalue weighted by Gasteiger charge is 2.30. The summed E-state index contributed by atoms with van der Waals surface area (Å²) in [6.07, 6.45) is 2.77. The Labute approximate surface area is 68.9 Å². The predicted octanol–water partition coefficient (Wildman–Crippen LogP) is 1.24. The molecule has 68 valence electrons. The predicted molar refractivity (Wildman–Crippen MR) is 47.0 cm³/mol. The molecule has 2 unspecified atom stereocenters. The number of hydrogen-bond acceptors (Lipinski definition) is 1. The van der Waals surface area contributed by atoms with E-state index in [-0.39, 0.29) is 10.9 Å². The second kappa shape index (κ2) is 3.72. The number of thiol groups is 1. The Morgan fingerprint density at radius 3 is 2.36 bits per heavy atom. The maximum Gasteiger partial charge on any atom is 0.253 e. The minimum atomic E-state index is -2.19. The van der Waals surface area contributed by atoms with Gasteiger partial charge in [-0.25, -0.2) is 8.78 Å². The van der Waals surface area contributed by atoms with Gasteiger partial charge in [0.15, 0.2) is 0 Å². The van der Waals surface area contributed by atoms with E-state index in [0.29, 0.717) is 11.7 Å². The molecule has 0 aliphatic carbocycles. The molecule has 4 heteroatoms. The van der Waals surface area contributed by atoms with Crippen LogP contribution in [0.15, 0.2) is 0 Å². The van der Waals surface area contributed by atoms with E-state index >= 15 is 0 Å². The SMILES string of the molecule is C[SH](C)C1CNC(C(F)F)C1. The van der Waals surface area contributed by atoms with Crippen molar-refractivity contribution in [1.82, 2.24) is 5.32 Å². The number of rotatable bonds is 2. The van der Waals surface area contributed by atoms with Crippen LogP contribution in [0.25, 0.3) is 0 Å². The lowest BCUT2D eigenvalue weighted by molar-refractivity contribution is 0.107. The first-order valence-corrected chi connectivity index (χ1v) is 6.09. The molecule has 0 amide bonds. The molecule has 1 fully saturated rings. The number of alkyl halides is 2. The molecule has 2 atom stereocenters. The zero-order valence-electron chi connectivity index (χ0n) is 6.85. The van der Waals surface area contributed by atoms with Crippen molar-refractivity contribution < 1.29 is 8.78 Å². The molecule has 0 spiro atoms. The van der Waals surface area contributed by atoms with Crippen molar-refractivity contribution in [3.63, 3.8) is 0 Å². The van der Waals surface area contributed by atoms with Gasteiger partial charge in [-0.3, -0.25) is 10.9 Å². The molecule has 0 aromatic carbocycles. The van der Waals surface area contributed by atoms with Crippen LogP contribution in [0.3, 0.4) is 0 Å². The molecule has 1 heterocycles. The van der Waals surface area contributed by atoms with Crippen LogP contribution in [0.1, 0.15) is 6.42 Å². The molecule has 1 nitrogen and oxygen atoms in total. The molecule has 0 bridgehead atoms. The van der Waals surface area contributed by atoms with Gasteiger partial charge in [-0.1, -0.05) is 0 Å². The molecule has 0 aromatic heterocycles. The lowest BCUT2D eigenvalue weighted by Crippen LogP contribution is -2.28. The molecule has 1 rings (SSSR count). The van der Waals surface area contributed by atoms with Crippen LogP contribution < -0.4 is 5.32 Å². The molecule has 1 saturated heterocycles. The van der Waals surface area contributed by atoms with Crippen LogP contribution in [0.5, 0.6) is 0 Å². The fraction of sp³-hybridized carbons (Fsp3) is 1.00. The van der Waals surface area contributed by atoms with E-state index in [1.807, 2.05) is 0 Å². The molecule has 0 radical (unpaired) electrons. The molecule has 11 heavy (non-hydrogen) atoms. The lowest BCUT2D eigenvalue weighted by atomic mass is 10.2. The Balaban J connectivity index is 2.35. The molecule has 1 aliphatic heterocycles. The Kier molecular flexibility index (Phi) is 3.13. The maximum atomic E-state index is 12.1. The molecule has 1 aliphatic rings. The Morgan fingerprint density at radius 1 is 1.45 bits per heavy atom. The zero-order chi connectivity index (χ0) is 8.43. The Bertz CT molecular complexity index is 116. The molecular weight excluding hydrogens is 168 g/mol. The highest BCUT2D eigenvalue weighted by molar-refractivity contribution is 8.16. The summed E-state index contributed by atoms with van der Waals surface area (Å²) in [5.74, 6) is 0. The van der Waals surface area contributed by atoms with Gasteiger partial charge in [0.1, 0.15) is 0 Å². The summed E-state index contributed by atoms with van der Waals surface area (Å²) in [5, 5.41) is 3.36.